The van der Waals surface area contributed by atoms with Crippen LogP contribution in [0, 0.1) is 0 Å². The molecule has 0 saturated heterocycles. The molecular formula is C44H77O11P. The van der Waals surface area contributed by atoms with Crippen molar-refractivity contribution < 1.29 is 52.9 Å². The molecular weight excluding hydrogens is 735 g/mol. The molecule has 0 saturated carbocycles. The van der Waals surface area contributed by atoms with Crippen LogP contribution in [0.4, 0.5) is 0 Å². The summed E-state index contributed by atoms with van der Waals surface area (Å²) in [4.78, 5) is 34.9. The molecule has 0 aromatic carbocycles. The van der Waals surface area contributed by atoms with Crippen LogP contribution in [0.15, 0.2) is 60.8 Å². The van der Waals surface area contributed by atoms with Crippen LogP contribution in [0.3, 0.4) is 0 Å². The van der Waals surface area contributed by atoms with E-state index in [-0.39, 0.29) is 25.6 Å². The van der Waals surface area contributed by atoms with Crippen LogP contribution >= 0.6 is 7.82 Å². The zero-order valence-electron chi connectivity index (χ0n) is 34.7. The highest BCUT2D eigenvalue weighted by atomic mass is 31.2. The number of carbonyl (C=O) groups is 2. The molecule has 0 aliphatic heterocycles. The first-order chi connectivity index (χ1) is 27.1. The van der Waals surface area contributed by atoms with Crippen LogP contribution in [0.25, 0.3) is 0 Å². The molecule has 4 atom stereocenters. The van der Waals surface area contributed by atoms with Gasteiger partial charge in [-0.2, -0.15) is 0 Å². The number of phosphoric ester groups is 1. The molecule has 0 bridgehead atoms. The molecule has 0 amide bonds. The van der Waals surface area contributed by atoms with Gasteiger partial charge < -0.3 is 29.7 Å². The maximum absolute atomic E-state index is 12.6. The van der Waals surface area contributed by atoms with Crippen LogP contribution in [-0.2, 0) is 32.7 Å². The molecule has 1 unspecified atom stereocenters. The number of phosphoric acid groups is 1. The smallest absolute Gasteiger partial charge is 0.462 e. The molecule has 12 heteroatoms. The van der Waals surface area contributed by atoms with Crippen molar-refractivity contribution in [1.29, 1.82) is 0 Å². The maximum atomic E-state index is 12.6. The van der Waals surface area contributed by atoms with Gasteiger partial charge in [0.1, 0.15) is 12.7 Å². The molecule has 0 fully saturated rings. The highest BCUT2D eigenvalue weighted by Crippen LogP contribution is 2.43. The second-order valence-corrected chi connectivity index (χ2v) is 15.6. The van der Waals surface area contributed by atoms with Gasteiger partial charge in [-0.25, -0.2) is 4.57 Å². The van der Waals surface area contributed by atoms with Crippen LogP contribution in [0.5, 0.6) is 0 Å². The predicted octanol–water partition coefficient (Wildman–Crippen LogP) is 10.1. The summed E-state index contributed by atoms with van der Waals surface area (Å²) in [5.74, 6) is -1.03. The summed E-state index contributed by atoms with van der Waals surface area (Å²) in [6, 6.07) is 0. The molecule has 0 spiro atoms. The lowest BCUT2D eigenvalue weighted by Gasteiger charge is -2.20. The molecule has 0 rings (SSSR count). The normalized spacial score (nSPS) is 15.0. The Labute approximate surface area is 338 Å². The lowest BCUT2D eigenvalue weighted by molar-refractivity contribution is -0.161. The number of aliphatic hydroxyl groups is 3. The summed E-state index contributed by atoms with van der Waals surface area (Å²) in [5.41, 5.74) is 0. The van der Waals surface area contributed by atoms with Gasteiger partial charge >= 0.3 is 19.8 Å². The van der Waals surface area contributed by atoms with Gasteiger partial charge in [0.25, 0.3) is 0 Å². The van der Waals surface area contributed by atoms with Crippen LogP contribution < -0.4 is 0 Å². The predicted molar refractivity (Wildman–Crippen MR) is 225 cm³/mol. The highest BCUT2D eigenvalue weighted by molar-refractivity contribution is 7.47. The fraction of sp³-hybridized carbons (Fsp3) is 0.727. The minimum Gasteiger partial charge on any atom is -0.462 e. The van der Waals surface area contributed by atoms with Gasteiger partial charge in [-0.15, -0.1) is 0 Å². The van der Waals surface area contributed by atoms with E-state index in [0.29, 0.717) is 19.3 Å². The molecule has 4 N–H and O–H groups in total. The van der Waals surface area contributed by atoms with E-state index in [9.17, 15) is 29.3 Å². The number of aliphatic hydroxyl groups excluding tert-OH is 3. The molecule has 0 aromatic heterocycles. The zero-order chi connectivity index (χ0) is 41.4. The Bertz CT molecular complexity index is 1130. The Morgan fingerprint density at radius 2 is 1.09 bits per heavy atom. The SMILES string of the molecule is CCCCCCCC/C=C\CCCCCCCC(=O)OC[C@H](COP(=O)(O)OC[C@@H](O)CO)OC(=O)CCC/C=C\C/C=C\C/C=C\C/C=C\[C@H](O)CCCC. The summed E-state index contributed by atoms with van der Waals surface area (Å²) in [7, 11) is -4.64. The number of ether oxygens (including phenoxy) is 2. The molecule has 0 aliphatic carbocycles. The Kier molecular flexibility index (Phi) is 37.8. The minimum atomic E-state index is -4.64. The number of hydrogen-bond acceptors (Lipinski definition) is 10. The molecule has 0 aliphatic rings. The quantitative estimate of drug-likeness (QED) is 0.0202. The van der Waals surface area contributed by atoms with Gasteiger partial charge in [0.15, 0.2) is 6.10 Å². The first kappa shape index (κ1) is 53.6. The third-order valence-electron chi connectivity index (χ3n) is 8.72. The maximum Gasteiger partial charge on any atom is 0.472 e. The Morgan fingerprint density at radius 1 is 0.589 bits per heavy atom. The number of allylic oxidation sites excluding steroid dienone is 9. The van der Waals surface area contributed by atoms with Crippen molar-refractivity contribution >= 4 is 19.8 Å². The van der Waals surface area contributed by atoms with E-state index in [1.807, 2.05) is 24.3 Å². The van der Waals surface area contributed by atoms with E-state index < -0.39 is 51.8 Å². The van der Waals surface area contributed by atoms with Gasteiger partial charge in [0.05, 0.1) is 25.9 Å². The first-order valence-electron chi connectivity index (χ1n) is 21.3. The average molecular weight is 813 g/mol. The summed E-state index contributed by atoms with van der Waals surface area (Å²) in [6.07, 6.45) is 39.5. The Hall–Kier alpha value is -2.37. The first-order valence-corrected chi connectivity index (χ1v) is 22.8. The van der Waals surface area contributed by atoms with Crippen LogP contribution in [-0.4, -0.2) is 76.9 Å². The Morgan fingerprint density at radius 3 is 1.71 bits per heavy atom. The summed E-state index contributed by atoms with van der Waals surface area (Å²) < 4.78 is 32.6. The van der Waals surface area contributed by atoms with Crippen molar-refractivity contribution in [3.63, 3.8) is 0 Å². The molecule has 0 radical (unpaired) electrons. The number of hydrogen-bond donors (Lipinski definition) is 4. The number of rotatable bonds is 39. The lowest BCUT2D eigenvalue weighted by Crippen LogP contribution is -2.29. The van der Waals surface area contributed by atoms with E-state index >= 15 is 0 Å². The summed E-state index contributed by atoms with van der Waals surface area (Å²) in [5, 5.41) is 28.1. The third-order valence-corrected chi connectivity index (χ3v) is 9.67. The van der Waals surface area contributed by atoms with E-state index in [4.69, 9.17) is 19.1 Å². The second kappa shape index (κ2) is 39.5. The zero-order valence-corrected chi connectivity index (χ0v) is 35.6. The van der Waals surface area contributed by atoms with Crippen molar-refractivity contribution in [2.75, 3.05) is 26.4 Å². The van der Waals surface area contributed by atoms with Gasteiger partial charge in [0, 0.05) is 12.8 Å². The van der Waals surface area contributed by atoms with Crippen molar-refractivity contribution in [3.8, 4) is 0 Å². The van der Waals surface area contributed by atoms with E-state index in [0.717, 1.165) is 77.0 Å². The molecule has 0 heterocycles. The summed E-state index contributed by atoms with van der Waals surface area (Å²) in [6.45, 7) is 2.12. The minimum absolute atomic E-state index is 0.0877. The third kappa shape index (κ3) is 38.5. The van der Waals surface area contributed by atoms with Crippen molar-refractivity contribution in [1.82, 2.24) is 0 Å². The van der Waals surface area contributed by atoms with E-state index in [2.05, 4.69) is 54.8 Å². The van der Waals surface area contributed by atoms with Gasteiger partial charge in [0.2, 0.25) is 0 Å². The largest absolute Gasteiger partial charge is 0.472 e. The average Bonchev–Trinajstić information content (AvgIpc) is 3.18. The van der Waals surface area contributed by atoms with Crippen molar-refractivity contribution in [2.24, 2.45) is 0 Å². The van der Waals surface area contributed by atoms with Crippen molar-refractivity contribution in [3.05, 3.63) is 60.8 Å². The van der Waals surface area contributed by atoms with E-state index in [1.54, 1.807) is 0 Å². The second-order valence-electron chi connectivity index (χ2n) is 14.2. The standard InChI is InChI=1S/C44H77O11P/c1-3-5-7-8-9-10-11-12-13-14-18-21-24-27-30-34-43(48)52-38-42(39-54-56(50,51)53-37-41(47)36-45)55-44(49)35-31-28-25-22-19-16-15-17-20-23-26-29-33-40(46)32-6-4-2/h12-13,15-16,20,22-23,25,29,33,40-42,45-47H,3-11,14,17-19,21,24,26-28,30-32,34-39H2,1-2H3,(H,50,51)/b13-12-,16-15-,23-20-,25-22-,33-29-/t40-,41+,42-/m1/s1. The molecule has 11 nitrogen and oxygen atoms in total. The molecule has 0 aromatic rings. The molecule has 324 valence electrons. The fourth-order valence-electron chi connectivity index (χ4n) is 5.35. The van der Waals surface area contributed by atoms with Crippen molar-refractivity contribution in [2.45, 2.75) is 180 Å². The number of carbonyl (C=O) groups excluding carboxylic acids is 2. The topological polar surface area (TPSA) is 169 Å². The number of unbranched alkanes of at least 4 members (excludes halogenated alkanes) is 13. The summed E-state index contributed by atoms with van der Waals surface area (Å²) >= 11 is 0. The fourth-order valence-corrected chi connectivity index (χ4v) is 6.14. The molecule has 56 heavy (non-hydrogen) atoms. The lowest BCUT2D eigenvalue weighted by atomic mass is 10.1. The van der Waals surface area contributed by atoms with Gasteiger partial charge in [-0.05, 0) is 70.6 Å². The number of esters is 2. The Balaban J connectivity index is 4.46. The highest BCUT2D eigenvalue weighted by Gasteiger charge is 2.27. The van der Waals surface area contributed by atoms with Crippen LogP contribution in [0.1, 0.15) is 162 Å². The monoisotopic (exact) mass is 813 g/mol. The van der Waals surface area contributed by atoms with Gasteiger partial charge in [-0.3, -0.25) is 18.6 Å². The van der Waals surface area contributed by atoms with Gasteiger partial charge in [-0.1, -0.05) is 139 Å². The van der Waals surface area contributed by atoms with E-state index in [1.165, 1.54) is 38.5 Å². The van der Waals surface area contributed by atoms with Crippen LogP contribution in [0.2, 0.25) is 0 Å².